The zero-order valence-electron chi connectivity index (χ0n) is 13.3. The maximum absolute atomic E-state index is 12.8. The van der Waals surface area contributed by atoms with Gasteiger partial charge in [0.1, 0.15) is 5.75 Å². The summed E-state index contributed by atoms with van der Waals surface area (Å²) >= 11 is 0. The highest BCUT2D eigenvalue weighted by Crippen LogP contribution is 2.54. The molecule has 112 valence electrons. The molecule has 2 aliphatic rings. The Labute approximate surface area is 125 Å². The average molecular weight is 286 g/mol. The van der Waals surface area contributed by atoms with Gasteiger partial charge >= 0.3 is 0 Å². The number of benzene rings is 1. The normalized spacial score (nSPS) is 26.0. The molecular weight excluding hydrogens is 264 g/mol. The van der Waals surface area contributed by atoms with Gasteiger partial charge < -0.3 is 9.64 Å². The van der Waals surface area contributed by atoms with Gasteiger partial charge in [-0.05, 0) is 51.5 Å². The molecule has 1 spiro atoms. The molecule has 4 nitrogen and oxygen atoms in total. The van der Waals surface area contributed by atoms with Gasteiger partial charge in [0.05, 0.1) is 23.6 Å². The van der Waals surface area contributed by atoms with E-state index in [1.54, 1.807) is 7.11 Å². The molecule has 4 heteroatoms. The summed E-state index contributed by atoms with van der Waals surface area (Å²) in [6.07, 6.45) is 1.97. The standard InChI is InChI=1S/C17H22N2O2/c1-11(2)19-10-17(16(3,4)15(19)20)9-18-14-7-6-12(21-5)8-13(14)17/h6-9,11H,10H2,1-5H3/t17-/m1/s1. The SMILES string of the molecule is COc1ccc2c(c1)[C@@]1(C=N2)CN(C(C)C)C(=O)C1(C)C. The van der Waals surface area contributed by atoms with Gasteiger partial charge in [-0.25, -0.2) is 0 Å². The molecule has 3 rings (SSSR count). The molecule has 0 aromatic heterocycles. The monoisotopic (exact) mass is 286 g/mol. The summed E-state index contributed by atoms with van der Waals surface area (Å²) in [4.78, 5) is 19.4. The number of nitrogens with zero attached hydrogens (tertiary/aromatic N) is 2. The third kappa shape index (κ3) is 1.68. The quantitative estimate of drug-likeness (QED) is 0.839. The summed E-state index contributed by atoms with van der Waals surface area (Å²) in [5.41, 5.74) is 1.18. The minimum absolute atomic E-state index is 0.194. The van der Waals surface area contributed by atoms with E-state index in [0.717, 1.165) is 17.0 Å². The van der Waals surface area contributed by atoms with Crippen molar-refractivity contribution in [2.75, 3.05) is 13.7 Å². The van der Waals surface area contributed by atoms with Crippen LogP contribution in [0.3, 0.4) is 0 Å². The van der Waals surface area contributed by atoms with Gasteiger partial charge in [0.15, 0.2) is 0 Å². The number of hydrogen-bond acceptors (Lipinski definition) is 3. The van der Waals surface area contributed by atoms with Crippen LogP contribution in [-0.4, -0.2) is 36.7 Å². The number of ether oxygens (including phenoxy) is 1. The van der Waals surface area contributed by atoms with Crippen molar-refractivity contribution in [3.63, 3.8) is 0 Å². The summed E-state index contributed by atoms with van der Waals surface area (Å²) < 4.78 is 5.36. The predicted octanol–water partition coefficient (Wildman–Crippen LogP) is 2.93. The highest BCUT2D eigenvalue weighted by molar-refractivity contribution is 5.99. The van der Waals surface area contributed by atoms with Gasteiger partial charge in [0, 0.05) is 18.8 Å². The van der Waals surface area contributed by atoms with E-state index in [9.17, 15) is 4.79 Å². The Morgan fingerprint density at radius 2 is 2.05 bits per heavy atom. The molecule has 0 aliphatic carbocycles. The number of carbonyl (C=O) groups excluding carboxylic acids is 1. The van der Waals surface area contributed by atoms with Gasteiger partial charge in [-0.3, -0.25) is 9.79 Å². The van der Waals surface area contributed by atoms with Crippen molar-refractivity contribution in [2.45, 2.75) is 39.2 Å². The van der Waals surface area contributed by atoms with Crippen LogP contribution in [-0.2, 0) is 10.2 Å². The molecule has 0 saturated carbocycles. The molecule has 1 saturated heterocycles. The minimum Gasteiger partial charge on any atom is -0.497 e. The number of fused-ring (bicyclic) bond motifs is 2. The lowest BCUT2D eigenvalue weighted by molar-refractivity contribution is -0.136. The second kappa shape index (κ2) is 4.33. The van der Waals surface area contributed by atoms with E-state index < -0.39 is 5.41 Å². The van der Waals surface area contributed by atoms with Gasteiger partial charge in [0.2, 0.25) is 5.91 Å². The molecule has 1 atom stereocenters. The van der Waals surface area contributed by atoms with E-state index in [1.807, 2.05) is 43.2 Å². The number of aliphatic imine (C=N–C) groups is 1. The lowest BCUT2D eigenvalue weighted by Gasteiger charge is -2.33. The van der Waals surface area contributed by atoms with Crippen LogP contribution in [0.5, 0.6) is 5.75 Å². The molecule has 0 N–H and O–H groups in total. The third-order valence-electron chi connectivity index (χ3n) is 5.06. The summed E-state index contributed by atoms with van der Waals surface area (Å²) in [5, 5.41) is 0. The van der Waals surface area contributed by atoms with Crippen LogP contribution in [0.15, 0.2) is 23.2 Å². The van der Waals surface area contributed by atoms with Gasteiger partial charge in [-0.1, -0.05) is 0 Å². The summed E-state index contributed by atoms with van der Waals surface area (Å²) in [7, 11) is 1.66. The Morgan fingerprint density at radius 3 is 2.62 bits per heavy atom. The highest BCUT2D eigenvalue weighted by atomic mass is 16.5. The number of carbonyl (C=O) groups is 1. The number of amides is 1. The Hall–Kier alpha value is -1.84. The van der Waals surface area contributed by atoms with Crippen LogP contribution in [0.25, 0.3) is 0 Å². The number of rotatable bonds is 2. The van der Waals surface area contributed by atoms with E-state index in [4.69, 9.17) is 4.74 Å². The van der Waals surface area contributed by atoms with Crippen molar-refractivity contribution in [3.05, 3.63) is 23.8 Å². The minimum atomic E-state index is -0.502. The smallest absolute Gasteiger partial charge is 0.229 e. The molecule has 21 heavy (non-hydrogen) atoms. The fraction of sp³-hybridized carbons (Fsp3) is 0.529. The maximum Gasteiger partial charge on any atom is 0.229 e. The molecule has 0 bridgehead atoms. The van der Waals surface area contributed by atoms with Crippen molar-refractivity contribution >= 4 is 17.8 Å². The summed E-state index contributed by atoms with van der Waals surface area (Å²) in [6.45, 7) is 8.86. The molecule has 1 aromatic carbocycles. The molecule has 1 amide bonds. The number of likely N-dealkylation sites (tertiary alicyclic amines) is 1. The Morgan fingerprint density at radius 1 is 1.33 bits per heavy atom. The number of hydrogen-bond donors (Lipinski definition) is 0. The first-order chi connectivity index (χ1) is 9.83. The first-order valence-corrected chi connectivity index (χ1v) is 7.38. The first-order valence-electron chi connectivity index (χ1n) is 7.38. The molecule has 2 heterocycles. The van der Waals surface area contributed by atoms with E-state index in [0.29, 0.717) is 6.54 Å². The molecule has 2 aliphatic heterocycles. The van der Waals surface area contributed by atoms with Crippen LogP contribution in [0.1, 0.15) is 33.3 Å². The topological polar surface area (TPSA) is 41.9 Å². The fourth-order valence-corrected chi connectivity index (χ4v) is 3.49. The fourth-order valence-electron chi connectivity index (χ4n) is 3.49. The zero-order valence-corrected chi connectivity index (χ0v) is 13.3. The van der Waals surface area contributed by atoms with Crippen LogP contribution in [0.4, 0.5) is 5.69 Å². The van der Waals surface area contributed by atoms with Crippen molar-refractivity contribution in [3.8, 4) is 5.75 Å². The van der Waals surface area contributed by atoms with E-state index in [2.05, 4.69) is 18.8 Å². The Kier molecular flexibility index (Phi) is 2.91. The van der Waals surface area contributed by atoms with Crippen molar-refractivity contribution in [1.82, 2.24) is 4.90 Å². The van der Waals surface area contributed by atoms with Crippen molar-refractivity contribution < 1.29 is 9.53 Å². The lowest BCUT2D eigenvalue weighted by atomic mass is 9.65. The first kappa shape index (κ1) is 14.1. The summed E-state index contributed by atoms with van der Waals surface area (Å²) in [5.74, 6) is 1.00. The van der Waals surface area contributed by atoms with E-state index >= 15 is 0 Å². The average Bonchev–Trinajstić information content (AvgIpc) is 2.91. The molecule has 1 fully saturated rings. The lowest BCUT2D eigenvalue weighted by Crippen LogP contribution is -2.42. The van der Waals surface area contributed by atoms with Crippen LogP contribution in [0, 0.1) is 5.41 Å². The second-order valence-corrected chi connectivity index (χ2v) is 6.76. The van der Waals surface area contributed by atoms with Gasteiger partial charge in [0.25, 0.3) is 0 Å². The predicted molar refractivity (Wildman–Crippen MR) is 83.5 cm³/mol. The largest absolute Gasteiger partial charge is 0.497 e. The van der Waals surface area contributed by atoms with E-state index in [-0.39, 0.29) is 17.4 Å². The zero-order chi connectivity index (χ0) is 15.4. The number of methoxy groups -OCH3 is 1. The van der Waals surface area contributed by atoms with E-state index in [1.165, 1.54) is 0 Å². The van der Waals surface area contributed by atoms with Crippen molar-refractivity contribution in [1.29, 1.82) is 0 Å². The van der Waals surface area contributed by atoms with Crippen molar-refractivity contribution in [2.24, 2.45) is 10.4 Å². The van der Waals surface area contributed by atoms with Crippen LogP contribution < -0.4 is 4.74 Å². The Bertz CT molecular complexity index is 634. The molecule has 0 unspecified atom stereocenters. The Balaban J connectivity index is 2.16. The molecule has 0 radical (unpaired) electrons. The van der Waals surface area contributed by atoms with Crippen LogP contribution in [0.2, 0.25) is 0 Å². The summed E-state index contributed by atoms with van der Waals surface area (Å²) in [6, 6.07) is 6.11. The highest BCUT2D eigenvalue weighted by Gasteiger charge is 2.60. The third-order valence-corrected chi connectivity index (χ3v) is 5.06. The molecule has 1 aromatic rings. The molecular formula is C17H22N2O2. The second-order valence-electron chi connectivity index (χ2n) is 6.76. The van der Waals surface area contributed by atoms with Gasteiger partial charge in [-0.2, -0.15) is 0 Å². The maximum atomic E-state index is 12.8. The van der Waals surface area contributed by atoms with Gasteiger partial charge in [-0.15, -0.1) is 0 Å². The van der Waals surface area contributed by atoms with Crippen LogP contribution >= 0.6 is 0 Å².